The van der Waals surface area contributed by atoms with Crippen molar-refractivity contribution in [1.82, 2.24) is 9.97 Å². The molecule has 0 aliphatic rings. The first-order valence-corrected chi connectivity index (χ1v) is 7.31. The van der Waals surface area contributed by atoms with Crippen molar-refractivity contribution >= 4 is 28.3 Å². The van der Waals surface area contributed by atoms with Crippen LogP contribution >= 0.6 is 0 Å². The van der Waals surface area contributed by atoms with Gasteiger partial charge in [0.2, 0.25) is 0 Å². The van der Waals surface area contributed by atoms with Gasteiger partial charge in [0.25, 0.3) is 0 Å². The third-order valence-corrected chi connectivity index (χ3v) is 3.39. The minimum Gasteiger partial charge on any atom is -0.506 e. The standard InChI is InChI=1S/C18H16N2O3/c1-2-23-18(22)15(16(21)12-8-4-3-5-9-12)17-19-13-10-6-7-11-14(13)20-17/h3-11,21H,2H2,1H3,(H,19,20). The third-order valence-electron chi connectivity index (χ3n) is 3.39. The largest absolute Gasteiger partial charge is 0.506 e. The molecule has 0 fully saturated rings. The van der Waals surface area contributed by atoms with Crippen molar-refractivity contribution in [2.75, 3.05) is 6.61 Å². The summed E-state index contributed by atoms with van der Waals surface area (Å²) in [6, 6.07) is 16.3. The number of fused-ring (bicyclic) bond motifs is 1. The summed E-state index contributed by atoms with van der Waals surface area (Å²) in [6.07, 6.45) is 0. The lowest BCUT2D eigenvalue weighted by molar-refractivity contribution is -0.136. The Morgan fingerprint density at radius 2 is 1.83 bits per heavy atom. The number of H-pyrrole nitrogens is 1. The zero-order valence-electron chi connectivity index (χ0n) is 12.6. The molecule has 0 bridgehead atoms. The fourth-order valence-electron chi connectivity index (χ4n) is 2.32. The van der Waals surface area contributed by atoms with Crippen molar-refractivity contribution in [3.8, 4) is 0 Å². The summed E-state index contributed by atoms with van der Waals surface area (Å²) < 4.78 is 5.08. The van der Waals surface area contributed by atoms with Crippen LogP contribution in [-0.2, 0) is 9.53 Å². The highest BCUT2D eigenvalue weighted by atomic mass is 16.5. The lowest BCUT2D eigenvalue weighted by Crippen LogP contribution is -2.10. The number of imidazole rings is 1. The molecule has 0 atom stereocenters. The molecule has 2 aromatic carbocycles. The molecule has 5 heteroatoms. The van der Waals surface area contributed by atoms with Crippen LogP contribution in [-0.4, -0.2) is 27.7 Å². The van der Waals surface area contributed by atoms with Crippen molar-refractivity contribution in [3.05, 3.63) is 66.0 Å². The topological polar surface area (TPSA) is 75.2 Å². The molecule has 0 amide bonds. The number of para-hydroxylation sites is 2. The average Bonchev–Trinajstić information content (AvgIpc) is 2.99. The quantitative estimate of drug-likeness (QED) is 0.439. The number of nitrogens with one attached hydrogen (secondary N) is 1. The SMILES string of the molecule is CCOC(=O)C(=C(O)c1ccccc1)c1nc2ccccc2[nH]1. The van der Waals surface area contributed by atoms with E-state index in [1.807, 2.05) is 30.3 Å². The van der Waals surface area contributed by atoms with Gasteiger partial charge in [0.15, 0.2) is 0 Å². The number of hydrogen-bond acceptors (Lipinski definition) is 4. The van der Waals surface area contributed by atoms with Crippen molar-refractivity contribution in [3.63, 3.8) is 0 Å². The molecule has 0 saturated heterocycles. The molecule has 116 valence electrons. The summed E-state index contributed by atoms with van der Waals surface area (Å²) in [5, 5.41) is 10.6. The maximum absolute atomic E-state index is 12.3. The van der Waals surface area contributed by atoms with E-state index in [-0.39, 0.29) is 23.8 Å². The van der Waals surface area contributed by atoms with E-state index in [0.29, 0.717) is 11.1 Å². The molecule has 0 spiro atoms. The zero-order chi connectivity index (χ0) is 16.2. The van der Waals surface area contributed by atoms with E-state index in [4.69, 9.17) is 4.74 Å². The van der Waals surface area contributed by atoms with Gasteiger partial charge in [-0.15, -0.1) is 0 Å². The molecule has 0 aliphatic heterocycles. The van der Waals surface area contributed by atoms with Crippen LogP contribution in [0.3, 0.4) is 0 Å². The molecule has 0 unspecified atom stereocenters. The Balaban J connectivity index is 2.17. The van der Waals surface area contributed by atoms with Gasteiger partial charge in [-0.3, -0.25) is 0 Å². The maximum atomic E-state index is 12.3. The molecule has 5 nitrogen and oxygen atoms in total. The van der Waals surface area contributed by atoms with Gasteiger partial charge in [-0.25, -0.2) is 9.78 Å². The Morgan fingerprint density at radius 3 is 2.52 bits per heavy atom. The highest BCUT2D eigenvalue weighted by Crippen LogP contribution is 2.25. The predicted octanol–water partition coefficient (Wildman–Crippen LogP) is 3.55. The monoisotopic (exact) mass is 308 g/mol. The number of carbonyl (C=O) groups is 1. The van der Waals surface area contributed by atoms with Gasteiger partial charge in [0.05, 0.1) is 17.6 Å². The molecule has 3 aromatic rings. The van der Waals surface area contributed by atoms with E-state index < -0.39 is 5.97 Å². The lowest BCUT2D eigenvalue weighted by Gasteiger charge is -2.08. The molecule has 1 heterocycles. The van der Waals surface area contributed by atoms with Crippen molar-refractivity contribution in [2.45, 2.75) is 6.92 Å². The lowest BCUT2D eigenvalue weighted by atomic mass is 10.1. The first-order chi connectivity index (χ1) is 11.2. The molecule has 0 aliphatic carbocycles. The highest BCUT2D eigenvalue weighted by molar-refractivity contribution is 6.22. The minimum absolute atomic E-state index is 0.0225. The van der Waals surface area contributed by atoms with Gasteiger partial charge >= 0.3 is 5.97 Å². The molecular formula is C18H16N2O3. The Morgan fingerprint density at radius 1 is 1.13 bits per heavy atom. The zero-order valence-corrected chi connectivity index (χ0v) is 12.6. The summed E-state index contributed by atoms with van der Waals surface area (Å²) in [6.45, 7) is 1.93. The molecule has 23 heavy (non-hydrogen) atoms. The summed E-state index contributed by atoms with van der Waals surface area (Å²) in [7, 11) is 0. The number of nitrogens with zero attached hydrogens (tertiary/aromatic N) is 1. The number of ether oxygens (including phenoxy) is 1. The van der Waals surface area contributed by atoms with Crippen LogP contribution in [0.25, 0.3) is 22.4 Å². The van der Waals surface area contributed by atoms with Crippen LogP contribution in [0, 0.1) is 0 Å². The fourth-order valence-corrected chi connectivity index (χ4v) is 2.32. The Labute approximate surface area is 133 Å². The van der Waals surface area contributed by atoms with Crippen LogP contribution in [0.2, 0.25) is 0 Å². The normalized spacial score (nSPS) is 12.0. The summed E-state index contributed by atoms with van der Waals surface area (Å²) in [5.74, 6) is -0.498. The van der Waals surface area contributed by atoms with Crippen molar-refractivity contribution in [2.24, 2.45) is 0 Å². The molecule has 0 saturated carbocycles. The van der Waals surface area contributed by atoms with E-state index in [0.717, 1.165) is 5.52 Å². The Bertz CT molecular complexity index is 833. The fraction of sp³-hybridized carbons (Fsp3) is 0.111. The van der Waals surface area contributed by atoms with Gasteiger partial charge in [0, 0.05) is 5.56 Å². The number of aliphatic hydroxyl groups excluding tert-OH is 1. The van der Waals surface area contributed by atoms with E-state index in [9.17, 15) is 9.90 Å². The molecule has 0 radical (unpaired) electrons. The molecular weight excluding hydrogens is 292 g/mol. The summed E-state index contributed by atoms with van der Waals surface area (Å²) in [5.41, 5.74) is 2.04. The number of aromatic nitrogens is 2. The smallest absolute Gasteiger partial charge is 0.345 e. The van der Waals surface area contributed by atoms with Crippen LogP contribution in [0.15, 0.2) is 54.6 Å². The number of carbonyl (C=O) groups excluding carboxylic acids is 1. The Hall–Kier alpha value is -3.08. The van der Waals surface area contributed by atoms with E-state index in [1.165, 1.54) is 0 Å². The number of benzene rings is 2. The van der Waals surface area contributed by atoms with Gasteiger partial charge in [0.1, 0.15) is 17.2 Å². The molecule has 1 aromatic heterocycles. The van der Waals surface area contributed by atoms with Gasteiger partial charge in [-0.05, 0) is 19.1 Å². The number of esters is 1. The predicted molar refractivity (Wildman–Crippen MR) is 88.6 cm³/mol. The minimum atomic E-state index is -0.618. The van der Waals surface area contributed by atoms with Crippen molar-refractivity contribution in [1.29, 1.82) is 0 Å². The van der Waals surface area contributed by atoms with E-state index in [1.54, 1.807) is 31.2 Å². The van der Waals surface area contributed by atoms with Gasteiger partial charge in [-0.2, -0.15) is 0 Å². The highest BCUT2D eigenvalue weighted by Gasteiger charge is 2.23. The van der Waals surface area contributed by atoms with E-state index in [2.05, 4.69) is 9.97 Å². The second kappa shape index (κ2) is 6.36. The first-order valence-electron chi connectivity index (χ1n) is 7.31. The average molecular weight is 308 g/mol. The van der Waals surface area contributed by atoms with Crippen LogP contribution in [0.1, 0.15) is 18.3 Å². The first kappa shape index (κ1) is 14.8. The number of aliphatic hydroxyl groups is 1. The maximum Gasteiger partial charge on any atom is 0.345 e. The van der Waals surface area contributed by atoms with E-state index >= 15 is 0 Å². The molecule has 3 rings (SSSR count). The Kier molecular flexibility index (Phi) is 4.10. The van der Waals surface area contributed by atoms with Gasteiger partial charge < -0.3 is 14.8 Å². The van der Waals surface area contributed by atoms with Crippen LogP contribution in [0.4, 0.5) is 0 Å². The van der Waals surface area contributed by atoms with Gasteiger partial charge in [-0.1, -0.05) is 42.5 Å². The summed E-state index contributed by atoms with van der Waals surface area (Å²) in [4.78, 5) is 19.8. The molecule has 2 N–H and O–H groups in total. The number of aromatic amines is 1. The number of hydrogen-bond donors (Lipinski definition) is 2. The van der Waals surface area contributed by atoms with Crippen LogP contribution < -0.4 is 0 Å². The second-order valence-electron chi connectivity index (χ2n) is 4.91. The summed E-state index contributed by atoms with van der Waals surface area (Å²) >= 11 is 0. The third kappa shape index (κ3) is 2.94. The number of rotatable bonds is 4. The second-order valence-corrected chi connectivity index (χ2v) is 4.91. The van der Waals surface area contributed by atoms with Crippen molar-refractivity contribution < 1.29 is 14.6 Å². The van der Waals surface area contributed by atoms with Crippen LogP contribution in [0.5, 0.6) is 0 Å².